The van der Waals surface area contributed by atoms with Gasteiger partial charge in [-0.05, 0) is 36.6 Å². The van der Waals surface area contributed by atoms with Crippen molar-refractivity contribution in [2.24, 2.45) is 0 Å². The molecule has 0 atom stereocenters. The van der Waals surface area contributed by atoms with Gasteiger partial charge in [-0.3, -0.25) is 4.79 Å². The van der Waals surface area contributed by atoms with Gasteiger partial charge >= 0.3 is 0 Å². The molecule has 0 spiro atoms. The number of rotatable bonds is 3. The molecule has 7 nitrogen and oxygen atoms in total. The van der Waals surface area contributed by atoms with Gasteiger partial charge in [-0.25, -0.2) is 0 Å². The molecule has 1 amide bonds. The van der Waals surface area contributed by atoms with E-state index in [0.29, 0.717) is 51.4 Å². The van der Waals surface area contributed by atoms with Crippen molar-refractivity contribution in [3.05, 3.63) is 29.3 Å². The Morgan fingerprint density at radius 2 is 1.56 bits per heavy atom. The summed E-state index contributed by atoms with van der Waals surface area (Å²) in [5.74, 6) is 0.830. The number of benzene rings is 1. The number of carbonyl (C=O) groups excluding carboxylic acids is 1. The molecule has 8 heteroatoms. The van der Waals surface area contributed by atoms with Crippen LogP contribution in [0.4, 0.5) is 0 Å². The van der Waals surface area contributed by atoms with Crippen LogP contribution in [0.3, 0.4) is 0 Å². The Morgan fingerprint density at radius 3 is 2.26 bits per heavy atom. The first-order valence-corrected chi connectivity index (χ1v) is 11.3. The van der Waals surface area contributed by atoms with E-state index >= 15 is 0 Å². The molecule has 0 saturated carbocycles. The molecular formula is C19H27N3O4S. The van der Waals surface area contributed by atoms with Crippen LogP contribution in [0.15, 0.2) is 18.2 Å². The van der Waals surface area contributed by atoms with Crippen molar-refractivity contribution in [2.45, 2.75) is 32.1 Å². The monoisotopic (exact) mass is 393 g/mol. The Kier molecular flexibility index (Phi) is 5.39. The van der Waals surface area contributed by atoms with Crippen molar-refractivity contribution in [1.29, 1.82) is 0 Å². The van der Waals surface area contributed by atoms with E-state index in [9.17, 15) is 13.2 Å². The molecule has 0 unspecified atom stereocenters. The molecular weight excluding hydrogens is 366 g/mol. The summed E-state index contributed by atoms with van der Waals surface area (Å²) in [6.45, 7) is 3.47. The van der Waals surface area contributed by atoms with Gasteiger partial charge in [0.25, 0.3) is 16.1 Å². The highest BCUT2D eigenvalue weighted by molar-refractivity contribution is 7.86. The van der Waals surface area contributed by atoms with Gasteiger partial charge in [0.15, 0.2) is 0 Å². The van der Waals surface area contributed by atoms with E-state index in [1.807, 2.05) is 12.1 Å². The van der Waals surface area contributed by atoms with Crippen LogP contribution in [-0.2, 0) is 16.6 Å². The molecule has 0 aliphatic carbocycles. The minimum atomic E-state index is -3.42. The summed E-state index contributed by atoms with van der Waals surface area (Å²) in [5.41, 5.74) is 1.73. The van der Waals surface area contributed by atoms with Crippen LogP contribution in [-0.4, -0.2) is 73.7 Å². The van der Waals surface area contributed by atoms with Gasteiger partial charge in [-0.1, -0.05) is 12.8 Å². The first kappa shape index (κ1) is 18.7. The lowest BCUT2D eigenvalue weighted by Gasteiger charge is -2.36. The topological polar surface area (TPSA) is 70.2 Å². The van der Waals surface area contributed by atoms with Crippen LogP contribution < -0.4 is 4.74 Å². The summed E-state index contributed by atoms with van der Waals surface area (Å²) in [6.07, 6.45) is 4.89. The molecule has 1 aromatic rings. The number of hydrogen-bond acceptors (Lipinski definition) is 4. The van der Waals surface area contributed by atoms with Crippen LogP contribution >= 0.6 is 0 Å². The number of amides is 1. The predicted molar refractivity (Wildman–Crippen MR) is 102 cm³/mol. The lowest BCUT2D eigenvalue weighted by atomic mass is 10.1. The fraction of sp³-hybridized carbons (Fsp3) is 0.632. The molecule has 4 rings (SSSR count). The molecule has 148 valence electrons. The first-order chi connectivity index (χ1) is 13.1. The largest absolute Gasteiger partial charge is 0.493 e. The summed E-state index contributed by atoms with van der Waals surface area (Å²) in [4.78, 5) is 14.6. The lowest BCUT2D eigenvalue weighted by molar-refractivity contribution is 0.0694. The van der Waals surface area contributed by atoms with Gasteiger partial charge in [0, 0.05) is 51.3 Å². The zero-order chi connectivity index (χ0) is 18.9. The molecule has 0 bridgehead atoms. The SMILES string of the molecule is O=C(c1ccc2c(c1)CCO2)N1CCN(S(=O)(=O)N2CCCCCC2)CC1. The Balaban J connectivity index is 1.39. The van der Waals surface area contributed by atoms with Crippen LogP contribution in [0.2, 0.25) is 0 Å². The van der Waals surface area contributed by atoms with Crippen LogP contribution in [0, 0.1) is 0 Å². The third-order valence-electron chi connectivity index (χ3n) is 5.68. The predicted octanol–water partition coefficient (Wildman–Crippen LogP) is 1.50. The first-order valence-electron chi connectivity index (χ1n) is 9.86. The summed E-state index contributed by atoms with van der Waals surface area (Å²) in [6, 6.07) is 5.56. The maximum atomic E-state index is 12.9. The highest BCUT2D eigenvalue weighted by atomic mass is 32.2. The average molecular weight is 394 g/mol. The second kappa shape index (κ2) is 7.77. The second-order valence-electron chi connectivity index (χ2n) is 7.43. The van der Waals surface area contributed by atoms with Crippen LogP contribution in [0.25, 0.3) is 0 Å². The zero-order valence-electron chi connectivity index (χ0n) is 15.6. The smallest absolute Gasteiger partial charge is 0.282 e. The normalized spacial score (nSPS) is 22.1. The Bertz CT molecular complexity index is 795. The average Bonchev–Trinajstić information content (AvgIpc) is 2.98. The zero-order valence-corrected chi connectivity index (χ0v) is 16.4. The molecule has 1 aromatic carbocycles. The van der Waals surface area contributed by atoms with Crippen molar-refractivity contribution in [3.63, 3.8) is 0 Å². The Labute approximate surface area is 161 Å². The van der Waals surface area contributed by atoms with Crippen molar-refractivity contribution in [2.75, 3.05) is 45.9 Å². The molecule has 27 heavy (non-hydrogen) atoms. The van der Waals surface area contributed by atoms with E-state index in [1.165, 1.54) is 0 Å². The Hall–Kier alpha value is -1.64. The number of piperazine rings is 1. The summed E-state index contributed by atoms with van der Waals surface area (Å²) in [7, 11) is -3.42. The standard InChI is InChI=1S/C19H27N3O4S/c23-19(17-5-6-18-16(15-17)7-14-26-18)20-10-12-22(13-11-20)27(24,25)21-8-3-1-2-4-9-21/h5-6,15H,1-4,7-14H2. The van der Waals surface area contributed by atoms with Crippen molar-refractivity contribution < 1.29 is 17.9 Å². The van der Waals surface area contributed by atoms with Crippen LogP contribution in [0.1, 0.15) is 41.6 Å². The van der Waals surface area contributed by atoms with Gasteiger partial charge in [0.05, 0.1) is 6.61 Å². The summed E-state index contributed by atoms with van der Waals surface area (Å²) < 4.78 is 34.5. The van der Waals surface area contributed by atoms with E-state index in [2.05, 4.69) is 0 Å². The lowest BCUT2D eigenvalue weighted by Crippen LogP contribution is -2.54. The maximum Gasteiger partial charge on any atom is 0.282 e. The minimum Gasteiger partial charge on any atom is -0.493 e. The highest BCUT2D eigenvalue weighted by Crippen LogP contribution is 2.26. The van der Waals surface area contributed by atoms with E-state index in [1.54, 1.807) is 19.6 Å². The molecule has 3 aliphatic rings. The fourth-order valence-electron chi connectivity index (χ4n) is 4.06. The number of fused-ring (bicyclic) bond motifs is 1. The molecule has 0 radical (unpaired) electrons. The van der Waals surface area contributed by atoms with Crippen molar-refractivity contribution >= 4 is 16.1 Å². The Morgan fingerprint density at radius 1 is 0.889 bits per heavy atom. The van der Waals surface area contributed by atoms with E-state index in [0.717, 1.165) is 43.4 Å². The molecule has 0 aromatic heterocycles. The summed E-state index contributed by atoms with van der Waals surface area (Å²) >= 11 is 0. The van der Waals surface area contributed by atoms with Gasteiger partial charge in [0.1, 0.15) is 5.75 Å². The van der Waals surface area contributed by atoms with Crippen LogP contribution in [0.5, 0.6) is 5.75 Å². The van der Waals surface area contributed by atoms with Gasteiger partial charge in [-0.2, -0.15) is 17.0 Å². The van der Waals surface area contributed by atoms with E-state index in [-0.39, 0.29) is 5.91 Å². The van der Waals surface area contributed by atoms with Gasteiger partial charge in [-0.15, -0.1) is 0 Å². The second-order valence-corrected chi connectivity index (χ2v) is 9.36. The van der Waals surface area contributed by atoms with Gasteiger partial charge < -0.3 is 9.64 Å². The fourth-order valence-corrected chi connectivity index (χ4v) is 5.73. The third kappa shape index (κ3) is 3.83. The molecule has 0 N–H and O–H groups in total. The number of nitrogens with zero attached hydrogens (tertiary/aromatic N) is 3. The minimum absolute atomic E-state index is 0.0310. The quantitative estimate of drug-likeness (QED) is 0.780. The highest BCUT2D eigenvalue weighted by Gasteiger charge is 2.33. The van der Waals surface area contributed by atoms with E-state index < -0.39 is 10.2 Å². The number of hydrogen-bond donors (Lipinski definition) is 0. The van der Waals surface area contributed by atoms with Gasteiger partial charge in [0.2, 0.25) is 0 Å². The summed E-state index contributed by atoms with van der Waals surface area (Å²) in [5, 5.41) is 0. The van der Waals surface area contributed by atoms with E-state index in [4.69, 9.17) is 4.74 Å². The molecule has 2 fully saturated rings. The van der Waals surface area contributed by atoms with Crippen molar-refractivity contribution in [1.82, 2.24) is 13.5 Å². The molecule has 3 aliphatic heterocycles. The van der Waals surface area contributed by atoms with Crippen molar-refractivity contribution in [3.8, 4) is 5.75 Å². The maximum absolute atomic E-state index is 12.9. The molecule has 3 heterocycles. The number of ether oxygens (including phenoxy) is 1. The number of carbonyl (C=O) groups is 1. The molecule has 2 saturated heterocycles. The third-order valence-corrected chi connectivity index (χ3v) is 7.72.